The molecular weight excluding hydrogens is 340 g/mol. The van der Waals surface area contributed by atoms with Crippen LogP contribution < -0.4 is 0 Å². The Kier molecular flexibility index (Phi) is 5.03. The van der Waals surface area contributed by atoms with Gasteiger partial charge in [0, 0.05) is 37.1 Å². The zero-order chi connectivity index (χ0) is 16.4. The number of alkyl halides is 2. The molecule has 0 aliphatic carbocycles. The van der Waals surface area contributed by atoms with Gasteiger partial charge in [0.25, 0.3) is 12.3 Å². The van der Waals surface area contributed by atoms with Gasteiger partial charge in [-0.15, -0.1) is 11.3 Å². The number of halogens is 2. The number of carbonyl (C=O) groups is 1. The minimum Gasteiger partial charge on any atom is -0.335 e. The van der Waals surface area contributed by atoms with Gasteiger partial charge in [0.05, 0.1) is 12.2 Å². The van der Waals surface area contributed by atoms with Crippen LogP contribution >= 0.6 is 22.7 Å². The Morgan fingerprint density at radius 3 is 2.70 bits per heavy atom. The quantitative estimate of drug-likeness (QED) is 0.843. The predicted octanol–water partition coefficient (Wildman–Crippen LogP) is 3.20. The highest BCUT2D eigenvalue weighted by Crippen LogP contribution is 2.30. The van der Waals surface area contributed by atoms with Gasteiger partial charge < -0.3 is 4.90 Å². The molecule has 4 nitrogen and oxygen atoms in total. The number of hydrogen-bond donors (Lipinski definition) is 0. The van der Waals surface area contributed by atoms with Crippen LogP contribution in [-0.2, 0) is 0 Å². The van der Waals surface area contributed by atoms with Crippen molar-refractivity contribution in [2.75, 3.05) is 32.7 Å². The van der Waals surface area contributed by atoms with Gasteiger partial charge in [-0.1, -0.05) is 0 Å². The Labute approximate surface area is 141 Å². The SMILES string of the molecule is Cc1nc(-c2ccsc2)sc1C(=O)N1CCN(CC(F)F)CC1. The van der Waals surface area contributed by atoms with E-state index in [-0.39, 0.29) is 12.5 Å². The van der Waals surface area contributed by atoms with Gasteiger partial charge in [-0.25, -0.2) is 13.8 Å². The number of amides is 1. The number of aromatic nitrogens is 1. The summed E-state index contributed by atoms with van der Waals surface area (Å²) in [7, 11) is 0. The summed E-state index contributed by atoms with van der Waals surface area (Å²) in [5.74, 6) is -0.0434. The number of carbonyl (C=O) groups excluding carboxylic acids is 1. The second kappa shape index (κ2) is 7.02. The lowest BCUT2D eigenvalue weighted by Gasteiger charge is -2.34. The van der Waals surface area contributed by atoms with E-state index in [1.54, 1.807) is 21.1 Å². The molecule has 124 valence electrons. The average molecular weight is 357 g/mol. The molecular formula is C15H17F2N3OS2. The predicted molar refractivity (Wildman–Crippen MR) is 88.5 cm³/mol. The summed E-state index contributed by atoms with van der Waals surface area (Å²) < 4.78 is 24.8. The number of nitrogens with zero attached hydrogens (tertiary/aromatic N) is 3. The lowest BCUT2D eigenvalue weighted by atomic mass is 10.2. The van der Waals surface area contributed by atoms with E-state index in [0.717, 1.165) is 16.3 Å². The molecule has 0 atom stereocenters. The smallest absolute Gasteiger partial charge is 0.265 e. The molecule has 1 aliphatic heterocycles. The van der Waals surface area contributed by atoms with E-state index >= 15 is 0 Å². The first-order chi connectivity index (χ1) is 11.0. The Hall–Kier alpha value is -1.38. The van der Waals surface area contributed by atoms with Crippen molar-refractivity contribution in [1.29, 1.82) is 0 Å². The van der Waals surface area contributed by atoms with Crippen LogP contribution in [0.5, 0.6) is 0 Å². The summed E-state index contributed by atoms with van der Waals surface area (Å²) >= 11 is 3.00. The molecule has 1 aliphatic rings. The highest BCUT2D eigenvalue weighted by atomic mass is 32.1. The number of rotatable bonds is 4. The Morgan fingerprint density at radius 2 is 2.09 bits per heavy atom. The molecule has 1 saturated heterocycles. The molecule has 0 bridgehead atoms. The second-order valence-electron chi connectivity index (χ2n) is 5.43. The van der Waals surface area contributed by atoms with E-state index < -0.39 is 6.43 Å². The lowest BCUT2D eigenvalue weighted by Crippen LogP contribution is -2.49. The van der Waals surface area contributed by atoms with Gasteiger partial charge in [-0.05, 0) is 18.4 Å². The minimum atomic E-state index is -2.32. The number of aryl methyl sites for hydroxylation is 1. The van der Waals surface area contributed by atoms with Gasteiger partial charge in [0.15, 0.2) is 0 Å². The van der Waals surface area contributed by atoms with Gasteiger partial charge in [-0.2, -0.15) is 11.3 Å². The van der Waals surface area contributed by atoms with E-state index in [0.29, 0.717) is 31.1 Å². The number of piperazine rings is 1. The van der Waals surface area contributed by atoms with Crippen LogP contribution in [-0.4, -0.2) is 59.8 Å². The molecule has 0 radical (unpaired) electrons. The van der Waals surface area contributed by atoms with Crippen LogP contribution in [0.15, 0.2) is 16.8 Å². The fourth-order valence-corrected chi connectivity index (χ4v) is 4.32. The number of hydrogen-bond acceptors (Lipinski definition) is 5. The zero-order valence-electron chi connectivity index (χ0n) is 12.7. The third-order valence-corrected chi connectivity index (χ3v) is 5.69. The highest BCUT2D eigenvalue weighted by Gasteiger charge is 2.26. The van der Waals surface area contributed by atoms with Crippen LogP contribution in [0.1, 0.15) is 15.4 Å². The molecule has 0 aromatic carbocycles. The summed E-state index contributed by atoms with van der Waals surface area (Å²) in [4.78, 5) is 21.2. The van der Waals surface area contributed by atoms with Crippen LogP contribution in [0.4, 0.5) is 8.78 Å². The van der Waals surface area contributed by atoms with Crippen LogP contribution in [0.3, 0.4) is 0 Å². The Balaban J connectivity index is 1.67. The fourth-order valence-electron chi connectivity index (χ4n) is 2.58. The van der Waals surface area contributed by atoms with Crippen molar-refractivity contribution in [3.05, 3.63) is 27.4 Å². The molecule has 3 rings (SSSR count). The largest absolute Gasteiger partial charge is 0.335 e. The first-order valence-electron chi connectivity index (χ1n) is 7.34. The highest BCUT2D eigenvalue weighted by molar-refractivity contribution is 7.17. The van der Waals surface area contributed by atoms with Crippen LogP contribution in [0.2, 0.25) is 0 Å². The van der Waals surface area contributed by atoms with E-state index in [2.05, 4.69) is 4.98 Å². The molecule has 0 spiro atoms. The fraction of sp³-hybridized carbons (Fsp3) is 0.467. The van der Waals surface area contributed by atoms with Crippen LogP contribution in [0, 0.1) is 6.92 Å². The molecule has 23 heavy (non-hydrogen) atoms. The topological polar surface area (TPSA) is 36.4 Å². The van der Waals surface area contributed by atoms with Crippen molar-refractivity contribution in [2.24, 2.45) is 0 Å². The average Bonchev–Trinajstić information content (AvgIpc) is 3.16. The van der Waals surface area contributed by atoms with Crippen molar-refractivity contribution in [2.45, 2.75) is 13.3 Å². The summed E-state index contributed by atoms with van der Waals surface area (Å²) in [6.45, 7) is 3.57. The van der Waals surface area contributed by atoms with Crippen molar-refractivity contribution in [3.8, 4) is 10.6 Å². The summed E-state index contributed by atoms with van der Waals surface area (Å²) in [5, 5.41) is 4.84. The second-order valence-corrected chi connectivity index (χ2v) is 7.21. The van der Waals surface area contributed by atoms with Gasteiger partial charge in [0.1, 0.15) is 9.88 Å². The van der Waals surface area contributed by atoms with E-state index in [1.807, 2.05) is 23.8 Å². The van der Waals surface area contributed by atoms with E-state index in [4.69, 9.17) is 0 Å². The van der Waals surface area contributed by atoms with Gasteiger partial charge in [-0.3, -0.25) is 9.69 Å². The maximum Gasteiger partial charge on any atom is 0.265 e. The molecule has 0 unspecified atom stereocenters. The van der Waals surface area contributed by atoms with Crippen molar-refractivity contribution >= 4 is 28.6 Å². The molecule has 1 fully saturated rings. The third kappa shape index (κ3) is 3.76. The molecule has 8 heteroatoms. The van der Waals surface area contributed by atoms with Crippen molar-refractivity contribution < 1.29 is 13.6 Å². The van der Waals surface area contributed by atoms with Crippen molar-refractivity contribution in [1.82, 2.24) is 14.8 Å². The van der Waals surface area contributed by atoms with E-state index in [9.17, 15) is 13.6 Å². The first-order valence-corrected chi connectivity index (χ1v) is 9.10. The third-order valence-electron chi connectivity index (χ3n) is 3.81. The normalized spacial score (nSPS) is 16.3. The van der Waals surface area contributed by atoms with Crippen LogP contribution in [0.25, 0.3) is 10.6 Å². The summed E-state index contributed by atoms with van der Waals surface area (Å²) in [6.07, 6.45) is -2.32. The van der Waals surface area contributed by atoms with Gasteiger partial charge >= 0.3 is 0 Å². The monoisotopic (exact) mass is 357 g/mol. The Morgan fingerprint density at radius 1 is 1.35 bits per heavy atom. The van der Waals surface area contributed by atoms with Crippen molar-refractivity contribution in [3.63, 3.8) is 0 Å². The summed E-state index contributed by atoms with van der Waals surface area (Å²) in [6, 6.07) is 1.99. The standard InChI is InChI=1S/C15H17F2N3OS2/c1-10-13(23-14(18-10)11-2-7-22-9-11)15(21)20-5-3-19(4-6-20)8-12(16)17/h2,7,9,12H,3-6,8H2,1H3. The lowest BCUT2D eigenvalue weighted by molar-refractivity contribution is 0.0461. The minimum absolute atomic E-state index is 0.0434. The number of thiazole rings is 1. The zero-order valence-corrected chi connectivity index (χ0v) is 14.3. The molecule has 1 amide bonds. The molecule has 3 heterocycles. The molecule has 2 aromatic heterocycles. The summed E-state index contributed by atoms with van der Waals surface area (Å²) in [5.41, 5.74) is 1.76. The molecule has 0 N–H and O–H groups in total. The Bertz CT molecular complexity index is 664. The first kappa shape index (κ1) is 16.5. The number of thiophene rings is 1. The molecule has 2 aromatic rings. The molecule has 0 saturated carbocycles. The maximum absolute atomic E-state index is 12.7. The van der Waals surface area contributed by atoms with Gasteiger partial charge in [0.2, 0.25) is 0 Å². The van der Waals surface area contributed by atoms with E-state index in [1.165, 1.54) is 11.3 Å². The maximum atomic E-state index is 12.7.